The number of hydrogen-bond donors (Lipinski definition) is 9. The van der Waals surface area contributed by atoms with Gasteiger partial charge in [-0.1, -0.05) is 87.0 Å². The third-order valence-electron chi connectivity index (χ3n) is 10.3. The molecule has 11 N–H and O–H groups in total. The van der Waals surface area contributed by atoms with Crippen LogP contribution in [0.2, 0.25) is 0 Å². The smallest absolute Gasteiger partial charge is 0.243 e. The average Bonchev–Trinajstić information content (AvgIpc) is 3.27. The number of primary amides is 2. The molecular formula is C45H59IN8O9S. The van der Waals surface area contributed by atoms with Gasteiger partial charge in [0.15, 0.2) is 0 Å². The first kappa shape index (κ1) is 52.6. The fourth-order valence-corrected chi connectivity index (χ4v) is 7.50. The van der Waals surface area contributed by atoms with Crippen LogP contribution in [0.15, 0.2) is 78.9 Å². The van der Waals surface area contributed by atoms with E-state index in [4.69, 9.17) is 11.5 Å². The summed E-state index contributed by atoms with van der Waals surface area (Å²) in [5, 5.41) is 25.8. The number of phenols is 1. The molecule has 0 bridgehead atoms. The van der Waals surface area contributed by atoms with E-state index in [-0.39, 0.29) is 43.8 Å². The predicted molar refractivity (Wildman–Crippen MR) is 252 cm³/mol. The van der Waals surface area contributed by atoms with Crippen LogP contribution in [0.1, 0.15) is 62.6 Å². The number of carbonyl (C=O) groups is 8. The van der Waals surface area contributed by atoms with Gasteiger partial charge >= 0.3 is 0 Å². The van der Waals surface area contributed by atoms with E-state index in [1.165, 1.54) is 17.8 Å². The molecule has 0 aromatic heterocycles. The van der Waals surface area contributed by atoms with Crippen molar-refractivity contribution in [1.82, 2.24) is 31.9 Å². The first-order chi connectivity index (χ1) is 30.5. The van der Waals surface area contributed by atoms with Crippen molar-refractivity contribution in [3.8, 4) is 5.75 Å². The van der Waals surface area contributed by atoms with Gasteiger partial charge in [-0.15, -0.1) is 0 Å². The summed E-state index contributed by atoms with van der Waals surface area (Å²) in [6.45, 7) is 3.03. The lowest BCUT2D eigenvalue weighted by molar-refractivity contribution is -0.134. The summed E-state index contributed by atoms with van der Waals surface area (Å²) >= 11 is 3.46. The molecule has 8 amide bonds. The highest BCUT2D eigenvalue weighted by molar-refractivity contribution is 14.1. The second kappa shape index (κ2) is 27.5. The van der Waals surface area contributed by atoms with Crippen LogP contribution in [0, 0.1) is 9.49 Å². The Labute approximate surface area is 391 Å². The molecule has 0 spiro atoms. The van der Waals surface area contributed by atoms with Gasteiger partial charge in [0.1, 0.15) is 36.0 Å². The zero-order chi connectivity index (χ0) is 47.2. The van der Waals surface area contributed by atoms with Crippen LogP contribution in [0.5, 0.6) is 5.75 Å². The molecule has 1 unspecified atom stereocenters. The molecule has 3 aromatic carbocycles. The number of aromatic hydroxyl groups is 1. The van der Waals surface area contributed by atoms with E-state index >= 15 is 0 Å². The van der Waals surface area contributed by atoms with Gasteiger partial charge in [-0.3, -0.25) is 38.4 Å². The second-order valence-corrected chi connectivity index (χ2v) is 17.5. The third kappa shape index (κ3) is 18.6. The average molecular weight is 1010 g/mol. The fourth-order valence-electron chi connectivity index (χ4n) is 6.45. The fraction of sp³-hybridized carbons (Fsp3) is 0.422. The molecule has 3 rings (SSSR count). The minimum absolute atomic E-state index is 0.00807. The van der Waals surface area contributed by atoms with Crippen molar-refractivity contribution in [3.05, 3.63) is 99.1 Å². The Balaban J connectivity index is 1.81. The van der Waals surface area contributed by atoms with Crippen molar-refractivity contribution in [3.63, 3.8) is 0 Å². The number of aryl methyl sites for hydroxylation is 1. The molecule has 3 aromatic rings. The van der Waals surface area contributed by atoms with Gasteiger partial charge in [0.25, 0.3) is 0 Å². The number of nitrogens with two attached hydrogens (primary N) is 2. The molecule has 0 saturated heterocycles. The summed E-state index contributed by atoms with van der Waals surface area (Å²) in [5.41, 5.74) is 13.0. The van der Waals surface area contributed by atoms with Crippen LogP contribution in [0.4, 0.5) is 0 Å². The topological polar surface area (TPSA) is 281 Å². The van der Waals surface area contributed by atoms with Crippen molar-refractivity contribution >= 4 is 81.6 Å². The van der Waals surface area contributed by atoms with Gasteiger partial charge in [-0.25, -0.2) is 0 Å². The number of rotatable bonds is 27. The minimum atomic E-state index is -1.29. The quantitative estimate of drug-likeness (QED) is 0.0497. The molecule has 0 aliphatic heterocycles. The zero-order valence-corrected chi connectivity index (χ0v) is 39.2. The summed E-state index contributed by atoms with van der Waals surface area (Å²) < 4.78 is 0.608. The SMILES string of the molecule is CCC(C)[C@H](NC(=O)CNC(=O)[C@@H](Cc1ccccc1)NC(=O)[C@H](Cc1ccccc1)NC(=O)[C@H](CCC(N)=O)NC(=O)CCc1ccc(O)c(I)c1)C(=O)N[C@@H](CCSC)C(N)=O. The van der Waals surface area contributed by atoms with Gasteiger partial charge in [-0.2, -0.15) is 11.8 Å². The monoisotopic (exact) mass is 1010 g/mol. The van der Waals surface area contributed by atoms with Crippen molar-refractivity contribution in [2.75, 3.05) is 18.6 Å². The van der Waals surface area contributed by atoms with E-state index in [2.05, 4.69) is 31.9 Å². The zero-order valence-electron chi connectivity index (χ0n) is 36.2. The highest BCUT2D eigenvalue weighted by Crippen LogP contribution is 2.21. The predicted octanol–water partition coefficient (Wildman–Crippen LogP) is 1.51. The highest BCUT2D eigenvalue weighted by Gasteiger charge is 2.32. The van der Waals surface area contributed by atoms with Crippen LogP contribution in [0.25, 0.3) is 0 Å². The summed E-state index contributed by atoms with van der Waals surface area (Å²) in [4.78, 5) is 106. The van der Waals surface area contributed by atoms with E-state index in [9.17, 15) is 43.5 Å². The number of halogens is 1. The maximum atomic E-state index is 14.2. The van der Waals surface area contributed by atoms with E-state index in [1.54, 1.807) is 79.7 Å². The van der Waals surface area contributed by atoms with Crippen molar-refractivity contribution in [2.24, 2.45) is 17.4 Å². The maximum Gasteiger partial charge on any atom is 0.243 e. The second-order valence-electron chi connectivity index (χ2n) is 15.3. The number of amides is 8. The lowest BCUT2D eigenvalue weighted by Gasteiger charge is -2.26. The molecule has 0 radical (unpaired) electrons. The number of carbonyl (C=O) groups excluding carboxylic acids is 8. The first-order valence-electron chi connectivity index (χ1n) is 20.9. The van der Waals surface area contributed by atoms with Gasteiger partial charge in [0, 0.05) is 25.7 Å². The highest BCUT2D eigenvalue weighted by atomic mass is 127. The van der Waals surface area contributed by atoms with Crippen molar-refractivity contribution < 1.29 is 43.5 Å². The molecule has 17 nitrogen and oxygen atoms in total. The van der Waals surface area contributed by atoms with Gasteiger partial charge < -0.3 is 48.5 Å². The van der Waals surface area contributed by atoms with E-state index < -0.39 is 84.0 Å². The molecule has 0 fully saturated rings. The van der Waals surface area contributed by atoms with Gasteiger partial charge in [-0.05, 0) is 88.6 Å². The van der Waals surface area contributed by atoms with E-state index in [0.29, 0.717) is 39.7 Å². The summed E-state index contributed by atoms with van der Waals surface area (Å²) in [7, 11) is 0. The van der Waals surface area contributed by atoms with Gasteiger partial charge in [0.05, 0.1) is 10.1 Å². The molecular weight excluding hydrogens is 956 g/mol. The Morgan fingerprint density at radius 1 is 0.656 bits per heavy atom. The van der Waals surface area contributed by atoms with E-state index in [1.807, 2.05) is 35.8 Å². The van der Waals surface area contributed by atoms with Crippen LogP contribution in [-0.2, 0) is 57.6 Å². The normalized spacial score (nSPS) is 13.7. The summed E-state index contributed by atoms with van der Waals surface area (Å²) in [6, 6.07) is 16.7. The number of thioether (sulfide) groups is 1. The Hall–Kier alpha value is -5.70. The van der Waals surface area contributed by atoms with Gasteiger partial charge in [0.2, 0.25) is 47.3 Å². The Morgan fingerprint density at radius 3 is 1.75 bits per heavy atom. The number of benzene rings is 3. The molecule has 346 valence electrons. The first-order valence-corrected chi connectivity index (χ1v) is 23.4. The van der Waals surface area contributed by atoms with Crippen LogP contribution < -0.4 is 43.4 Å². The summed E-state index contributed by atoms with van der Waals surface area (Å²) in [5.74, 6) is -5.14. The third-order valence-corrected chi connectivity index (χ3v) is 11.8. The maximum absolute atomic E-state index is 14.2. The molecule has 0 aliphatic rings. The largest absolute Gasteiger partial charge is 0.507 e. The molecule has 0 aliphatic carbocycles. The van der Waals surface area contributed by atoms with Crippen molar-refractivity contribution in [2.45, 2.75) is 95.4 Å². The molecule has 6 atom stereocenters. The van der Waals surface area contributed by atoms with Crippen LogP contribution in [-0.4, -0.2) is 101 Å². The van der Waals surface area contributed by atoms with Crippen LogP contribution in [0.3, 0.4) is 0 Å². The summed E-state index contributed by atoms with van der Waals surface area (Å²) in [6.07, 6.45) is 2.49. The Morgan fingerprint density at radius 2 is 1.22 bits per heavy atom. The van der Waals surface area contributed by atoms with E-state index in [0.717, 1.165) is 5.56 Å². The Kier molecular flexibility index (Phi) is 22.6. The number of hydrogen-bond acceptors (Lipinski definition) is 10. The molecule has 0 heterocycles. The molecule has 19 heteroatoms. The number of phenolic OH excluding ortho intramolecular Hbond substituents is 1. The minimum Gasteiger partial charge on any atom is -0.507 e. The van der Waals surface area contributed by atoms with Crippen molar-refractivity contribution in [1.29, 1.82) is 0 Å². The number of nitrogens with one attached hydrogen (secondary N) is 6. The standard InChI is InChI=1S/C45H59IN8O9S/c1-4-27(2)40(45(63)51-32(41(48)59)21-22-64-3)54-39(58)26-49-42(60)34(24-28-11-7-5-8-12-28)52-44(62)35(25-29-13-9-6-10-14-29)53-43(61)33(17-19-37(47)56)50-38(57)20-16-30-15-18-36(55)31(46)23-30/h5-15,18,23,27,32-35,40,55H,4,16-17,19-22,24-26H2,1-3H3,(H2,47,56)(H2,48,59)(H,49,60)(H,50,57)(H,51,63)(H,52,62)(H,53,61)(H,54,58)/t27?,32-,33-,34+,35-,40-/m0/s1. The van der Waals surface area contributed by atoms with Crippen LogP contribution >= 0.6 is 34.4 Å². The lowest BCUT2D eigenvalue weighted by Crippen LogP contribution is -2.59. The lowest BCUT2D eigenvalue weighted by atomic mass is 9.97. The molecule has 0 saturated carbocycles. The molecule has 64 heavy (non-hydrogen) atoms. The Bertz CT molecular complexity index is 2060.